The molecule has 7 nitrogen and oxygen atoms in total. The monoisotopic (exact) mass is 455 g/mol. The summed E-state index contributed by atoms with van der Waals surface area (Å²) < 4.78 is 33.6. The normalized spacial score (nSPS) is 11.3. The predicted octanol–water partition coefficient (Wildman–Crippen LogP) is 4.88. The molecule has 0 saturated carbocycles. The molecule has 3 aromatic carbocycles. The van der Waals surface area contributed by atoms with Crippen LogP contribution in [-0.2, 0) is 10.0 Å². The number of ether oxygens (including phenoxy) is 1. The number of sulfonamides is 1. The third kappa shape index (κ3) is 4.50. The molecule has 3 N–H and O–H groups in total. The Hall–Kier alpha value is -3.49. The van der Waals surface area contributed by atoms with Gasteiger partial charge in [-0.15, -0.1) is 0 Å². The van der Waals surface area contributed by atoms with E-state index in [0.29, 0.717) is 22.1 Å². The molecule has 0 saturated heterocycles. The number of nitrogens with one attached hydrogen (secondary N) is 3. The zero-order valence-corrected chi connectivity index (χ0v) is 17.9. The summed E-state index contributed by atoms with van der Waals surface area (Å²) in [6.07, 6.45) is 0. The number of amides is 1. The Morgan fingerprint density at radius 1 is 0.968 bits per heavy atom. The van der Waals surface area contributed by atoms with Gasteiger partial charge in [-0.2, -0.15) is 0 Å². The van der Waals surface area contributed by atoms with Crippen molar-refractivity contribution >= 4 is 49.8 Å². The maximum absolute atomic E-state index is 12.9. The van der Waals surface area contributed by atoms with Crippen LogP contribution < -0.4 is 14.8 Å². The van der Waals surface area contributed by atoms with Crippen LogP contribution in [-0.4, -0.2) is 26.4 Å². The first-order chi connectivity index (χ1) is 14.9. The molecule has 4 aromatic rings. The fourth-order valence-electron chi connectivity index (χ4n) is 3.09. The third-order valence-corrected chi connectivity index (χ3v) is 6.24. The molecule has 0 unspecified atom stereocenters. The average molecular weight is 456 g/mol. The number of hydrogen-bond donors (Lipinski definition) is 3. The van der Waals surface area contributed by atoms with Crippen molar-refractivity contribution in [2.45, 2.75) is 4.90 Å². The van der Waals surface area contributed by atoms with Crippen LogP contribution in [0, 0.1) is 0 Å². The van der Waals surface area contributed by atoms with Crippen LogP contribution in [0.15, 0.2) is 77.7 Å². The maximum Gasteiger partial charge on any atom is 0.272 e. The molecule has 0 fully saturated rings. The predicted molar refractivity (Wildman–Crippen MR) is 122 cm³/mol. The van der Waals surface area contributed by atoms with Gasteiger partial charge in [-0.1, -0.05) is 29.8 Å². The summed E-state index contributed by atoms with van der Waals surface area (Å²) in [6, 6.07) is 19.9. The summed E-state index contributed by atoms with van der Waals surface area (Å²) in [5.74, 6) is -0.250. The molecule has 0 radical (unpaired) electrons. The van der Waals surface area contributed by atoms with E-state index in [0.717, 1.165) is 10.9 Å². The molecule has 31 heavy (non-hydrogen) atoms. The number of aromatic amines is 1. The van der Waals surface area contributed by atoms with Crippen LogP contribution in [0.1, 0.15) is 10.5 Å². The van der Waals surface area contributed by atoms with Gasteiger partial charge in [-0.25, -0.2) is 8.42 Å². The highest BCUT2D eigenvalue weighted by molar-refractivity contribution is 7.92. The van der Waals surface area contributed by atoms with E-state index in [9.17, 15) is 13.2 Å². The largest absolute Gasteiger partial charge is 0.495 e. The molecule has 0 spiro atoms. The second-order valence-corrected chi connectivity index (χ2v) is 8.79. The molecule has 0 aliphatic heterocycles. The Kier molecular flexibility index (Phi) is 5.58. The molecule has 1 aromatic heterocycles. The molecular weight excluding hydrogens is 438 g/mol. The first-order valence-corrected chi connectivity index (χ1v) is 11.1. The van der Waals surface area contributed by atoms with Crippen molar-refractivity contribution in [2.24, 2.45) is 0 Å². The third-order valence-electron chi connectivity index (χ3n) is 4.58. The standard InChI is InChI=1S/C22H18ClN3O4S/c1-30-20-11-10-17(24-22(27)19-12-14-4-2-3-5-18(14)25-19)13-21(20)31(28,29)26-16-8-6-15(23)7-9-16/h2-13,25-26H,1H3,(H,24,27). The van der Waals surface area contributed by atoms with Crippen molar-refractivity contribution in [3.05, 3.63) is 83.5 Å². The van der Waals surface area contributed by atoms with E-state index in [1.165, 1.54) is 19.2 Å². The van der Waals surface area contributed by atoms with Crippen molar-refractivity contribution in [1.29, 1.82) is 0 Å². The van der Waals surface area contributed by atoms with E-state index >= 15 is 0 Å². The second kappa shape index (κ2) is 8.33. The molecule has 0 aliphatic rings. The Bertz CT molecular complexity index is 1330. The lowest BCUT2D eigenvalue weighted by Gasteiger charge is -2.13. The van der Waals surface area contributed by atoms with Crippen LogP contribution in [0.25, 0.3) is 10.9 Å². The summed E-state index contributed by atoms with van der Waals surface area (Å²) in [4.78, 5) is 15.6. The van der Waals surface area contributed by atoms with Gasteiger partial charge < -0.3 is 15.0 Å². The number of benzene rings is 3. The minimum atomic E-state index is -3.99. The van der Waals surface area contributed by atoms with E-state index in [2.05, 4.69) is 15.0 Å². The number of halogens is 1. The lowest BCUT2D eigenvalue weighted by atomic mass is 10.2. The van der Waals surface area contributed by atoms with E-state index < -0.39 is 15.9 Å². The topological polar surface area (TPSA) is 100 Å². The number of hydrogen-bond acceptors (Lipinski definition) is 4. The number of rotatable bonds is 6. The zero-order chi connectivity index (χ0) is 22.0. The van der Waals surface area contributed by atoms with Gasteiger partial charge in [0.2, 0.25) is 0 Å². The summed E-state index contributed by atoms with van der Waals surface area (Å²) in [5, 5.41) is 4.11. The number of anilines is 2. The van der Waals surface area contributed by atoms with Gasteiger partial charge in [0, 0.05) is 27.3 Å². The first kappa shape index (κ1) is 20.8. The van der Waals surface area contributed by atoms with Crippen LogP contribution in [0.5, 0.6) is 5.75 Å². The van der Waals surface area contributed by atoms with Gasteiger partial charge >= 0.3 is 0 Å². The number of H-pyrrole nitrogens is 1. The number of carbonyl (C=O) groups is 1. The minimum absolute atomic E-state index is 0.112. The van der Waals surface area contributed by atoms with Crippen molar-refractivity contribution in [3.63, 3.8) is 0 Å². The Morgan fingerprint density at radius 2 is 1.68 bits per heavy atom. The minimum Gasteiger partial charge on any atom is -0.495 e. The summed E-state index contributed by atoms with van der Waals surface area (Å²) >= 11 is 5.85. The second-order valence-electron chi connectivity index (χ2n) is 6.70. The van der Waals surface area contributed by atoms with Crippen LogP contribution >= 0.6 is 11.6 Å². The molecule has 9 heteroatoms. The molecular formula is C22H18ClN3O4S. The highest BCUT2D eigenvalue weighted by Gasteiger charge is 2.21. The fraction of sp³-hybridized carbons (Fsp3) is 0.0455. The Balaban J connectivity index is 1.62. The molecule has 158 valence electrons. The molecule has 1 amide bonds. The fourth-order valence-corrected chi connectivity index (χ4v) is 4.47. The van der Waals surface area contributed by atoms with Crippen molar-refractivity contribution in [3.8, 4) is 5.75 Å². The van der Waals surface area contributed by atoms with E-state index in [-0.39, 0.29) is 10.6 Å². The van der Waals surface area contributed by atoms with Crippen molar-refractivity contribution < 1.29 is 17.9 Å². The summed E-state index contributed by atoms with van der Waals surface area (Å²) in [6.45, 7) is 0. The van der Waals surface area contributed by atoms with Crippen molar-refractivity contribution in [2.75, 3.05) is 17.1 Å². The lowest BCUT2D eigenvalue weighted by molar-refractivity contribution is 0.102. The number of fused-ring (bicyclic) bond motifs is 1. The molecule has 4 rings (SSSR count). The van der Waals surface area contributed by atoms with E-state index in [1.807, 2.05) is 24.3 Å². The zero-order valence-electron chi connectivity index (χ0n) is 16.3. The number of aromatic nitrogens is 1. The van der Waals surface area contributed by atoms with Crippen molar-refractivity contribution in [1.82, 2.24) is 4.98 Å². The Labute approximate surface area is 184 Å². The molecule has 0 atom stereocenters. The average Bonchev–Trinajstić information content (AvgIpc) is 3.20. The van der Waals surface area contributed by atoms with E-state index in [1.54, 1.807) is 36.4 Å². The van der Waals surface area contributed by atoms with Crippen LogP contribution in [0.3, 0.4) is 0 Å². The smallest absolute Gasteiger partial charge is 0.272 e. The van der Waals surface area contributed by atoms with Gasteiger partial charge in [0.15, 0.2) is 0 Å². The van der Waals surface area contributed by atoms with Gasteiger partial charge in [0.1, 0.15) is 16.3 Å². The van der Waals surface area contributed by atoms with Crippen LogP contribution in [0.2, 0.25) is 5.02 Å². The number of methoxy groups -OCH3 is 1. The molecule has 0 bridgehead atoms. The molecule has 0 aliphatic carbocycles. The van der Waals surface area contributed by atoms with Crippen LogP contribution in [0.4, 0.5) is 11.4 Å². The SMILES string of the molecule is COc1ccc(NC(=O)c2cc3ccccc3[nH]2)cc1S(=O)(=O)Nc1ccc(Cl)cc1. The van der Waals surface area contributed by atoms with Gasteiger partial charge in [-0.05, 0) is 54.6 Å². The summed E-state index contributed by atoms with van der Waals surface area (Å²) in [7, 11) is -2.62. The highest BCUT2D eigenvalue weighted by Crippen LogP contribution is 2.29. The quantitative estimate of drug-likeness (QED) is 0.385. The van der Waals surface area contributed by atoms with Gasteiger partial charge in [0.05, 0.1) is 7.11 Å². The first-order valence-electron chi connectivity index (χ1n) is 9.21. The number of para-hydroxylation sites is 1. The Morgan fingerprint density at radius 3 is 2.39 bits per heavy atom. The van der Waals surface area contributed by atoms with E-state index in [4.69, 9.17) is 16.3 Å². The maximum atomic E-state index is 12.9. The lowest BCUT2D eigenvalue weighted by Crippen LogP contribution is -2.16. The number of carbonyl (C=O) groups excluding carboxylic acids is 1. The molecule has 1 heterocycles. The van der Waals surface area contributed by atoms with Gasteiger partial charge in [0.25, 0.3) is 15.9 Å². The van der Waals surface area contributed by atoms with Gasteiger partial charge in [-0.3, -0.25) is 9.52 Å². The highest BCUT2D eigenvalue weighted by atomic mass is 35.5. The summed E-state index contributed by atoms with van der Waals surface area (Å²) in [5.41, 5.74) is 1.85.